The normalized spacial score (nSPS) is 28.1. The molecule has 2 unspecified atom stereocenters. The molecule has 1 rings (SSSR count). The quantitative estimate of drug-likeness (QED) is 0.631. The van der Waals surface area contributed by atoms with Gasteiger partial charge in [0.2, 0.25) is 0 Å². The molecule has 0 fully saturated rings. The molecule has 0 bridgehead atoms. The van der Waals surface area contributed by atoms with Gasteiger partial charge in [0, 0.05) is 12.6 Å². The van der Waals surface area contributed by atoms with Crippen LogP contribution >= 0.6 is 0 Å². The lowest BCUT2D eigenvalue weighted by Crippen LogP contribution is -2.40. The Balaban J connectivity index is 2.66. The van der Waals surface area contributed by atoms with E-state index >= 15 is 0 Å². The van der Waals surface area contributed by atoms with Gasteiger partial charge < -0.3 is 5.32 Å². The predicted octanol–water partition coefficient (Wildman–Crippen LogP) is 2.99. The van der Waals surface area contributed by atoms with Crippen molar-refractivity contribution in [1.82, 2.24) is 5.32 Å². The Bertz CT molecular complexity index is 238. The summed E-state index contributed by atoms with van der Waals surface area (Å²) in [6.07, 6.45) is 4.38. The molecule has 1 nitrogen and oxygen atoms in total. The van der Waals surface area contributed by atoms with Crippen molar-refractivity contribution in [3.05, 3.63) is 17.9 Å². The minimum atomic E-state index is 0.284. The summed E-state index contributed by atoms with van der Waals surface area (Å²) in [7, 11) is 0. The Kier molecular flexibility index (Phi) is 3.58. The summed E-state index contributed by atoms with van der Waals surface area (Å²) in [5.41, 5.74) is 3.61. The summed E-state index contributed by atoms with van der Waals surface area (Å²) in [5.74, 6) is 1.32. The second-order valence-electron chi connectivity index (χ2n) is 5.66. The maximum Gasteiger partial charge on any atom is 0.0373 e. The fourth-order valence-electron chi connectivity index (χ4n) is 1.64. The average Bonchev–Trinajstić information content (AvgIpc) is 2.26. The molecule has 0 saturated heterocycles. The molecule has 80 valence electrons. The smallest absolute Gasteiger partial charge is 0.0373 e. The van der Waals surface area contributed by atoms with Crippen LogP contribution in [0.15, 0.2) is 17.9 Å². The van der Waals surface area contributed by atoms with Crippen LogP contribution in [0.3, 0.4) is 0 Å². The molecule has 0 aromatic rings. The Labute approximate surface area is 88.3 Å². The standard InChI is InChI=1S/C13H23N/c1-10(2)11-7-6-8-12(14-9-11)13(3,4)5/h7-8,10-12,14H,9H2,1-5H3. The van der Waals surface area contributed by atoms with E-state index in [9.17, 15) is 0 Å². The van der Waals surface area contributed by atoms with E-state index in [1.165, 1.54) is 0 Å². The van der Waals surface area contributed by atoms with E-state index in [4.69, 9.17) is 0 Å². The van der Waals surface area contributed by atoms with E-state index < -0.39 is 0 Å². The molecule has 1 N–H and O–H groups in total. The lowest BCUT2D eigenvalue weighted by Gasteiger charge is -2.29. The summed E-state index contributed by atoms with van der Waals surface area (Å²) in [5, 5.41) is 3.60. The van der Waals surface area contributed by atoms with Gasteiger partial charge in [-0.05, 0) is 29.4 Å². The second-order valence-corrected chi connectivity index (χ2v) is 5.66. The predicted molar refractivity (Wildman–Crippen MR) is 62.2 cm³/mol. The minimum absolute atomic E-state index is 0.284. The highest BCUT2D eigenvalue weighted by atomic mass is 14.9. The molecule has 0 aromatic carbocycles. The molecule has 1 heteroatoms. The van der Waals surface area contributed by atoms with Crippen molar-refractivity contribution >= 4 is 0 Å². The molecular formula is C13H23N. The van der Waals surface area contributed by atoms with Crippen LogP contribution in [0.1, 0.15) is 34.6 Å². The summed E-state index contributed by atoms with van der Waals surface area (Å²) >= 11 is 0. The Morgan fingerprint density at radius 2 is 1.93 bits per heavy atom. The molecule has 0 radical (unpaired) electrons. The van der Waals surface area contributed by atoms with E-state index in [1.807, 2.05) is 0 Å². The highest BCUT2D eigenvalue weighted by Crippen LogP contribution is 2.22. The zero-order valence-corrected chi connectivity index (χ0v) is 10.1. The van der Waals surface area contributed by atoms with Crippen LogP contribution < -0.4 is 5.32 Å². The molecule has 1 aliphatic rings. The maximum atomic E-state index is 3.60. The second kappa shape index (κ2) is 4.33. The van der Waals surface area contributed by atoms with E-state index in [2.05, 4.69) is 57.8 Å². The third kappa shape index (κ3) is 3.01. The van der Waals surface area contributed by atoms with Gasteiger partial charge in [0.05, 0.1) is 0 Å². The van der Waals surface area contributed by atoms with Gasteiger partial charge in [-0.1, -0.05) is 34.6 Å². The molecule has 1 heterocycles. The summed E-state index contributed by atoms with van der Waals surface area (Å²) in [6.45, 7) is 12.4. The zero-order valence-electron chi connectivity index (χ0n) is 10.1. The fourth-order valence-corrected chi connectivity index (χ4v) is 1.64. The van der Waals surface area contributed by atoms with Crippen LogP contribution in [0.5, 0.6) is 0 Å². The van der Waals surface area contributed by atoms with Crippen LogP contribution in [0.25, 0.3) is 0 Å². The maximum absolute atomic E-state index is 3.60. The zero-order chi connectivity index (χ0) is 10.8. The summed E-state index contributed by atoms with van der Waals surface area (Å²) < 4.78 is 0. The lowest BCUT2D eigenvalue weighted by molar-refractivity contribution is 0.297. The molecular weight excluding hydrogens is 170 g/mol. The van der Waals surface area contributed by atoms with E-state index in [1.54, 1.807) is 0 Å². The first-order chi connectivity index (χ1) is 6.41. The molecule has 14 heavy (non-hydrogen) atoms. The monoisotopic (exact) mass is 193 g/mol. The van der Waals surface area contributed by atoms with E-state index in [-0.39, 0.29) is 5.41 Å². The highest BCUT2D eigenvalue weighted by molar-refractivity contribution is 5.05. The van der Waals surface area contributed by atoms with Crippen LogP contribution in [-0.4, -0.2) is 12.6 Å². The number of nitrogens with one attached hydrogen (secondary N) is 1. The fraction of sp³-hybridized carbons (Fsp3) is 0.769. The molecule has 0 amide bonds. The third-order valence-electron chi connectivity index (χ3n) is 2.94. The van der Waals surface area contributed by atoms with E-state index in [0.717, 1.165) is 6.54 Å². The van der Waals surface area contributed by atoms with Crippen LogP contribution in [-0.2, 0) is 0 Å². The van der Waals surface area contributed by atoms with Gasteiger partial charge in [0.1, 0.15) is 0 Å². The first kappa shape index (κ1) is 11.6. The molecule has 1 aliphatic heterocycles. The van der Waals surface area contributed by atoms with Crippen molar-refractivity contribution in [3.8, 4) is 0 Å². The van der Waals surface area contributed by atoms with Crippen molar-refractivity contribution in [3.63, 3.8) is 0 Å². The van der Waals surface area contributed by atoms with Crippen LogP contribution in [0, 0.1) is 17.3 Å². The van der Waals surface area contributed by atoms with Crippen molar-refractivity contribution in [2.45, 2.75) is 40.7 Å². The van der Waals surface area contributed by atoms with Gasteiger partial charge in [-0.25, -0.2) is 0 Å². The summed E-state index contributed by atoms with van der Waals surface area (Å²) in [6, 6.07) is 0.447. The van der Waals surface area contributed by atoms with Crippen molar-refractivity contribution in [2.75, 3.05) is 6.54 Å². The SMILES string of the molecule is CC(C)C1C=C=CC(C(C)(C)C)NC1. The van der Waals surface area contributed by atoms with Gasteiger partial charge in [0.25, 0.3) is 0 Å². The third-order valence-corrected chi connectivity index (χ3v) is 2.94. The largest absolute Gasteiger partial charge is 0.309 e. The van der Waals surface area contributed by atoms with Gasteiger partial charge in [-0.2, -0.15) is 0 Å². The Hall–Kier alpha value is -0.520. The van der Waals surface area contributed by atoms with Gasteiger partial charge in [-0.3, -0.25) is 0 Å². The average molecular weight is 193 g/mol. The number of hydrogen-bond acceptors (Lipinski definition) is 1. The van der Waals surface area contributed by atoms with Gasteiger partial charge in [-0.15, -0.1) is 5.73 Å². The lowest BCUT2D eigenvalue weighted by atomic mass is 9.86. The van der Waals surface area contributed by atoms with E-state index in [0.29, 0.717) is 17.9 Å². The Morgan fingerprint density at radius 1 is 1.29 bits per heavy atom. The van der Waals surface area contributed by atoms with Crippen molar-refractivity contribution in [1.29, 1.82) is 0 Å². The molecule has 0 spiro atoms. The molecule has 0 saturated carbocycles. The highest BCUT2D eigenvalue weighted by Gasteiger charge is 2.24. The van der Waals surface area contributed by atoms with Crippen LogP contribution in [0.4, 0.5) is 0 Å². The van der Waals surface area contributed by atoms with Crippen molar-refractivity contribution < 1.29 is 0 Å². The van der Waals surface area contributed by atoms with Gasteiger partial charge >= 0.3 is 0 Å². The summed E-state index contributed by atoms with van der Waals surface area (Å²) in [4.78, 5) is 0. The minimum Gasteiger partial charge on any atom is -0.309 e. The number of rotatable bonds is 1. The van der Waals surface area contributed by atoms with Crippen LogP contribution in [0.2, 0.25) is 0 Å². The topological polar surface area (TPSA) is 12.0 Å². The Morgan fingerprint density at radius 3 is 2.43 bits per heavy atom. The first-order valence-corrected chi connectivity index (χ1v) is 5.57. The number of hydrogen-bond donors (Lipinski definition) is 1. The molecule has 2 atom stereocenters. The van der Waals surface area contributed by atoms with Crippen molar-refractivity contribution in [2.24, 2.45) is 17.3 Å². The van der Waals surface area contributed by atoms with Gasteiger partial charge in [0.15, 0.2) is 0 Å². The molecule has 0 aromatic heterocycles. The first-order valence-electron chi connectivity index (χ1n) is 5.57. The molecule has 0 aliphatic carbocycles.